The van der Waals surface area contributed by atoms with Crippen LogP contribution >= 0.6 is 0 Å². The molecular formula is C36H59O2Si3. The van der Waals surface area contributed by atoms with Crippen molar-refractivity contribution in [1.29, 1.82) is 0 Å². The van der Waals surface area contributed by atoms with Gasteiger partial charge in [0.1, 0.15) is 0 Å². The van der Waals surface area contributed by atoms with Crippen LogP contribution in [-0.4, -0.2) is 26.2 Å². The van der Waals surface area contributed by atoms with Crippen molar-refractivity contribution in [1.82, 2.24) is 0 Å². The highest BCUT2D eigenvalue weighted by molar-refractivity contribution is 6.73. The van der Waals surface area contributed by atoms with E-state index >= 15 is 0 Å². The second-order valence-corrected chi connectivity index (χ2v) is 25.5. The van der Waals surface area contributed by atoms with Crippen LogP contribution in [0.15, 0.2) is 46.0 Å². The zero-order valence-electron chi connectivity index (χ0n) is 27.0. The van der Waals surface area contributed by atoms with Crippen LogP contribution in [0.25, 0.3) is 0 Å². The van der Waals surface area contributed by atoms with Crippen molar-refractivity contribution in [3.05, 3.63) is 46.0 Å². The van der Waals surface area contributed by atoms with Gasteiger partial charge in [0.25, 0.3) is 0 Å². The maximum atomic E-state index is 7.24. The van der Waals surface area contributed by atoms with Crippen LogP contribution in [0.2, 0.25) is 49.4 Å². The SMILES string of the molecule is C[Si](C)(OC1=CC2=C(CCCC2)C1C[SiH]CC1C(O[Si](C)(C)C2CCCCC2)=CC2=C1CCCC2)C1CCCCC1. The standard InChI is InChI=1S/C36H59O2Si3/c1-40(2,29-17-7-5-8-18-29)37-35-23-27-15-11-13-21-31(27)33(35)25-39-26-34-32-22-14-12-16-28(32)24-36(34)38-41(3,4)30-19-9-6-10-20-30/h23-24,29-30,33-34,39H,5-22,25-26H2,1-4H3. The Morgan fingerprint density at radius 3 is 1.37 bits per heavy atom. The molecule has 2 nitrogen and oxygen atoms in total. The average molecular weight is 608 g/mol. The molecule has 6 aliphatic rings. The van der Waals surface area contributed by atoms with Crippen LogP contribution in [0.3, 0.4) is 0 Å². The summed E-state index contributed by atoms with van der Waals surface area (Å²) in [5.74, 6) is 4.01. The Morgan fingerprint density at radius 2 is 0.951 bits per heavy atom. The molecule has 0 bridgehead atoms. The summed E-state index contributed by atoms with van der Waals surface area (Å²) in [6, 6.07) is 2.71. The Balaban J connectivity index is 1.14. The lowest BCUT2D eigenvalue weighted by atomic mass is 9.89. The van der Waals surface area contributed by atoms with Gasteiger partial charge in [-0.1, -0.05) is 49.7 Å². The van der Waals surface area contributed by atoms with Crippen LogP contribution in [0, 0.1) is 11.8 Å². The summed E-state index contributed by atoms with van der Waals surface area (Å²) in [5, 5.41) is 0. The molecule has 2 atom stereocenters. The van der Waals surface area contributed by atoms with Crippen molar-refractivity contribution >= 4 is 26.2 Å². The molecule has 0 spiro atoms. The van der Waals surface area contributed by atoms with E-state index in [1.807, 2.05) is 0 Å². The first-order valence-electron chi connectivity index (χ1n) is 17.9. The van der Waals surface area contributed by atoms with E-state index < -0.39 is 16.6 Å². The van der Waals surface area contributed by atoms with Gasteiger partial charge < -0.3 is 8.85 Å². The topological polar surface area (TPSA) is 18.5 Å². The van der Waals surface area contributed by atoms with Gasteiger partial charge in [0.05, 0.1) is 11.5 Å². The van der Waals surface area contributed by atoms with E-state index in [4.69, 9.17) is 8.85 Å². The van der Waals surface area contributed by atoms with E-state index in [-0.39, 0.29) is 0 Å². The van der Waals surface area contributed by atoms with Gasteiger partial charge in [0, 0.05) is 21.4 Å². The molecule has 2 unspecified atom stereocenters. The van der Waals surface area contributed by atoms with Gasteiger partial charge in [-0.05, 0) is 150 Å². The summed E-state index contributed by atoms with van der Waals surface area (Å²) >= 11 is 0. The summed E-state index contributed by atoms with van der Waals surface area (Å²) in [5.41, 5.74) is 8.61. The van der Waals surface area contributed by atoms with Crippen LogP contribution in [0.5, 0.6) is 0 Å². The predicted octanol–water partition coefficient (Wildman–Crippen LogP) is 11.1. The second kappa shape index (κ2) is 13.1. The predicted molar refractivity (Wildman–Crippen MR) is 182 cm³/mol. The van der Waals surface area contributed by atoms with Crippen molar-refractivity contribution in [2.24, 2.45) is 11.8 Å². The van der Waals surface area contributed by atoms with Gasteiger partial charge in [0.15, 0.2) is 0 Å². The molecule has 0 aromatic carbocycles. The lowest BCUT2D eigenvalue weighted by Gasteiger charge is -2.38. The Kier molecular flexibility index (Phi) is 9.63. The Labute approximate surface area is 257 Å². The normalized spacial score (nSPS) is 28.4. The van der Waals surface area contributed by atoms with Crippen LogP contribution in [0.1, 0.15) is 116 Å². The minimum absolute atomic E-state index is 0.375. The largest absolute Gasteiger partial charge is 0.546 e. The molecule has 2 saturated carbocycles. The van der Waals surface area contributed by atoms with Gasteiger partial charge in [0.2, 0.25) is 16.6 Å². The summed E-state index contributed by atoms with van der Waals surface area (Å²) in [4.78, 5) is 0. The number of allylic oxidation sites excluding steroid dienone is 6. The zero-order valence-corrected chi connectivity index (χ0v) is 30.2. The van der Waals surface area contributed by atoms with E-state index in [0.717, 1.165) is 11.1 Å². The van der Waals surface area contributed by atoms with Gasteiger partial charge in [-0.15, -0.1) is 0 Å². The lowest BCUT2D eigenvalue weighted by Crippen LogP contribution is -2.38. The minimum atomic E-state index is -1.73. The zero-order chi connectivity index (χ0) is 28.5. The van der Waals surface area contributed by atoms with Crippen LogP contribution in [-0.2, 0) is 8.85 Å². The molecule has 2 fully saturated rings. The highest BCUT2D eigenvalue weighted by atomic mass is 28.4. The molecule has 0 saturated heterocycles. The van der Waals surface area contributed by atoms with Crippen molar-refractivity contribution in [2.75, 3.05) is 0 Å². The summed E-state index contributed by atoms with van der Waals surface area (Å²) < 4.78 is 14.5. The second-order valence-electron chi connectivity index (χ2n) is 15.6. The Morgan fingerprint density at radius 1 is 0.561 bits per heavy atom. The molecule has 227 valence electrons. The first-order valence-corrected chi connectivity index (χ1v) is 25.5. The molecule has 0 aromatic rings. The molecule has 1 radical (unpaired) electrons. The van der Waals surface area contributed by atoms with E-state index in [1.54, 1.807) is 22.3 Å². The first kappa shape index (κ1) is 30.2. The molecular weight excluding hydrogens is 549 g/mol. The van der Waals surface area contributed by atoms with Crippen molar-refractivity contribution < 1.29 is 8.85 Å². The van der Waals surface area contributed by atoms with Crippen LogP contribution in [0.4, 0.5) is 0 Å². The van der Waals surface area contributed by atoms with Crippen molar-refractivity contribution in [2.45, 2.75) is 165 Å². The fraction of sp³-hybridized carbons (Fsp3) is 0.778. The summed E-state index contributed by atoms with van der Waals surface area (Å²) in [6.45, 7) is 10.1. The third-order valence-electron chi connectivity index (χ3n) is 12.0. The average Bonchev–Trinajstić information content (AvgIpc) is 3.50. The van der Waals surface area contributed by atoms with Gasteiger partial charge >= 0.3 is 0 Å². The maximum Gasteiger partial charge on any atom is 0.247 e. The molecule has 41 heavy (non-hydrogen) atoms. The third-order valence-corrected chi connectivity index (χ3v) is 20.2. The smallest absolute Gasteiger partial charge is 0.247 e. The molecule has 6 rings (SSSR count). The Hall–Kier alpha value is -0.789. The van der Waals surface area contributed by atoms with Crippen LogP contribution < -0.4 is 0 Å². The molecule has 6 aliphatic carbocycles. The van der Waals surface area contributed by atoms with Crippen molar-refractivity contribution in [3.8, 4) is 0 Å². The summed E-state index contributed by atoms with van der Waals surface area (Å²) in [6.07, 6.45) is 30.0. The molecule has 0 N–H and O–H groups in total. The fourth-order valence-electron chi connectivity index (χ4n) is 9.44. The van der Waals surface area contributed by atoms with Crippen molar-refractivity contribution in [3.63, 3.8) is 0 Å². The molecule has 0 aromatic heterocycles. The minimum Gasteiger partial charge on any atom is -0.546 e. The molecule has 5 heteroatoms. The monoisotopic (exact) mass is 607 g/mol. The van der Waals surface area contributed by atoms with E-state index in [9.17, 15) is 0 Å². The number of hydrogen-bond donors (Lipinski definition) is 0. The molecule has 0 aliphatic heterocycles. The van der Waals surface area contributed by atoms with Gasteiger partial charge in [-0.2, -0.15) is 0 Å². The van der Waals surface area contributed by atoms with E-state index in [2.05, 4.69) is 38.3 Å². The first-order chi connectivity index (χ1) is 19.8. The third kappa shape index (κ3) is 6.82. The maximum absolute atomic E-state index is 7.24. The molecule has 0 amide bonds. The molecule has 0 heterocycles. The quantitative estimate of drug-likeness (QED) is 0.230. The Bertz CT molecular complexity index is 984. The number of rotatable bonds is 10. The van der Waals surface area contributed by atoms with Gasteiger partial charge in [-0.25, -0.2) is 0 Å². The van der Waals surface area contributed by atoms with E-state index in [1.165, 1.54) is 139 Å². The summed E-state index contributed by atoms with van der Waals surface area (Å²) in [7, 11) is -3.09. The van der Waals surface area contributed by atoms with Gasteiger partial charge in [-0.3, -0.25) is 0 Å². The number of hydrogen-bond acceptors (Lipinski definition) is 2. The highest BCUT2D eigenvalue weighted by Gasteiger charge is 2.42. The van der Waals surface area contributed by atoms with E-state index in [0.29, 0.717) is 21.4 Å². The highest BCUT2D eigenvalue weighted by Crippen LogP contribution is 2.49. The lowest BCUT2D eigenvalue weighted by molar-refractivity contribution is 0.338. The fourth-order valence-corrected chi connectivity index (χ4v) is 16.9.